The topological polar surface area (TPSA) is 0 Å². The third-order valence-corrected chi connectivity index (χ3v) is 1.62. The molecule has 1 aromatic rings. The summed E-state index contributed by atoms with van der Waals surface area (Å²) in [4.78, 5) is 0. The van der Waals surface area contributed by atoms with Crippen LogP contribution in [0.3, 0.4) is 0 Å². The van der Waals surface area contributed by atoms with Gasteiger partial charge in [-0.25, -0.2) is 13.2 Å². The van der Waals surface area contributed by atoms with Gasteiger partial charge in [-0.15, -0.1) is 0 Å². The van der Waals surface area contributed by atoms with Crippen molar-refractivity contribution in [1.29, 1.82) is 0 Å². The molecule has 0 bridgehead atoms. The fourth-order valence-electron chi connectivity index (χ4n) is 0.950. The van der Waals surface area contributed by atoms with Gasteiger partial charge in [0.25, 0.3) is 0 Å². The van der Waals surface area contributed by atoms with Gasteiger partial charge in [0.15, 0.2) is 11.6 Å². The highest BCUT2D eigenvalue weighted by Crippen LogP contribution is 2.26. The van der Waals surface area contributed by atoms with Gasteiger partial charge < -0.3 is 0 Å². The molecule has 0 aliphatic heterocycles. The standard InChI is InChI=1S/C10H11F3/c1-10(2,3)6-4-8(12)9(13)5-7(6)11/h4-5H,1-3H3/i4D,5D. The quantitative estimate of drug-likeness (QED) is 0.550. The highest BCUT2D eigenvalue weighted by molar-refractivity contribution is 5.26. The SMILES string of the molecule is [2H]c1c(F)c(F)c([2H])c(C(C)(C)C)c1F. The van der Waals surface area contributed by atoms with Gasteiger partial charge in [-0.2, -0.15) is 0 Å². The van der Waals surface area contributed by atoms with E-state index >= 15 is 0 Å². The lowest BCUT2D eigenvalue weighted by atomic mass is 9.86. The van der Waals surface area contributed by atoms with Gasteiger partial charge in [-0.1, -0.05) is 20.8 Å². The summed E-state index contributed by atoms with van der Waals surface area (Å²) in [5, 5.41) is 0. The average Bonchev–Trinajstić information content (AvgIpc) is 2.09. The molecule has 0 unspecified atom stereocenters. The lowest BCUT2D eigenvalue weighted by Gasteiger charge is -2.19. The number of rotatable bonds is 0. The van der Waals surface area contributed by atoms with E-state index in [0.717, 1.165) is 0 Å². The zero-order chi connectivity index (χ0) is 12.0. The molecular weight excluding hydrogens is 177 g/mol. The van der Waals surface area contributed by atoms with Crippen molar-refractivity contribution < 1.29 is 15.9 Å². The van der Waals surface area contributed by atoms with Gasteiger partial charge in [0.05, 0.1) is 2.74 Å². The van der Waals surface area contributed by atoms with Crippen molar-refractivity contribution in [3.05, 3.63) is 35.1 Å². The number of hydrogen-bond acceptors (Lipinski definition) is 0. The van der Waals surface area contributed by atoms with E-state index in [4.69, 9.17) is 2.74 Å². The van der Waals surface area contributed by atoms with Crippen LogP contribution in [-0.4, -0.2) is 0 Å². The Morgan fingerprint density at radius 2 is 1.46 bits per heavy atom. The number of hydrogen-bond donors (Lipinski definition) is 0. The normalized spacial score (nSPS) is 14.0. The molecule has 0 aliphatic carbocycles. The maximum Gasteiger partial charge on any atom is 0.161 e. The molecule has 0 atom stereocenters. The van der Waals surface area contributed by atoms with Gasteiger partial charge in [0, 0.05) is 6.04 Å². The second-order valence-electron chi connectivity index (χ2n) is 3.82. The Labute approximate surface area is 78.2 Å². The maximum absolute atomic E-state index is 13.5. The van der Waals surface area contributed by atoms with Crippen molar-refractivity contribution >= 4 is 0 Å². The highest BCUT2D eigenvalue weighted by atomic mass is 19.2. The van der Waals surface area contributed by atoms with Crippen molar-refractivity contribution in [3.63, 3.8) is 0 Å². The number of halogens is 3. The smallest absolute Gasteiger partial charge is 0.161 e. The minimum Gasteiger partial charge on any atom is -0.207 e. The maximum atomic E-state index is 13.5. The minimum atomic E-state index is -1.61. The molecule has 0 saturated carbocycles. The summed E-state index contributed by atoms with van der Waals surface area (Å²) in [6, 6.07) is -1.93. The van der Waals surface area contributed by atoms with Gasteiger partial charge in [0.1, 0.15) is 5.82 Å². The second kappa shape index (κ2) is 3.05. The van der Waals surface area contributed by atoms with Gasteiger partial charge in [-0.05, 0) is 17.0 Å². The molecule has 72 valence electrons. The molecule has 0 heterocycles. The second-order valence-corrected chi connectivity index (χ2v) is 3.82. The number of benzene rings is 1. The first-order chi connectivity index (χ1) is 6.68. The summed E-state index contributed by atoms with van der Waals surface area (Å²) in [5.74, 6) is -4.23. The summed E-state index contributed by atoms with van der Waals surface area (Å²) < 4.78 is 53.8. The fraction of sp³-hybridized carbons (Fsp3) is 0.400. The average molecular weight is 190 g/mol. The molecule has 0 fully saturated rings. The molecular formula is C10H11F3. The largest absolute Gasteiger partial charge is 0.207 e. The van der Waals surface area contributed by atoms with E-state index in [0.29, 0.717) is 0 Å². The Morgan fingerprint density at radius 3 is 1.92 bits per heavy atom. The van der Waals surface area contributed by atoms with Gasteiger partial charge in [0.2, 0.25) is 0 Å². The van der Waals surface area contributed by atoms with E-state index in [9.17, 15) is 13.2 Å². The highest BCUT2D eigenvalue weighted by Gasteiger charge is 2.20. The Hall–Kier alpha value is -0.990. The molecule has 0 N–H and O–H groups in total. The van der Waals surface area contributed by atoms with E-state index in [1.807, 2.05) is 0 Å². The van der Waals surface area contributed by atoms with E-state index in [1.54, 1.807) is 20.8 Å². The molecule has 0 saturated heterocycles. The minimum absolute atomic E-state index is 0.272. The first kappa shape index (κ1) is 7.42. The zero-order valence-corrected chi connectivity index (χ0v) is 7.63. The summed E-state index contributed by atoms with van der Waals surface area (Å²) in [6.07, 6.45) is 0. The monoisotopic (exact) mass is 190 g/mol. The Morgan fingerprint density at radius 1 is 1.00 bits per heavy atom. The van der Waals surface area contributed by atoms with Crippen LogP contribution < -0.4 is 0 Å². The molecule has 0 aliphatic rings. The van der Waals surface area contributed by atoms with Crippen LogP contribution in [0, 0.1) is 17.5 Å². The molecule has 0 spiro atoms. The lowest BCUT2D eigenvalue weighted by Crippen LogP contribution is -2.14. The van der Waals surface area contributed by atoms with Crippen molar-refractivity contribution in [3.8, 4) is 0 Å². The molecule has 13 heavy (non-hydrogen) atoms. The fourth-order valence-corrected chi connectivity index (χ4v) is 0.950. The van der Waals surface area contributed by atoms with E-state index in [1.165, 1.54) is 0 Å². The molecule has 1 rings (SSSR count). The summed E-state index contributed by atoms with van der Waals surface area (Å²) in [7, 11) is 0. The molecule has 0 amide bonds. The Bertz CT molecular complexity index is 379. The van der Waals surface area contributed by atoms with E-state index in [2.05, 4.69) is 0 Å². The Balaban J connectivity index is 3.68. The lowest BCUT2D eigenvalue weighted by molar-refractivity contribution is 0.468. The Kier molecular flexibility index (Phi) is 1.74. The van der Waals surface area contributed by atoms with Crippen molar-refractivity contribution in [2.75, 3.05) is 0 Å². The molecule has 0 radical (unpaired) electrons. The van der Waals surface area contributed by atoms with Crippen LogP contribution in [0.2, 0.25) is 0 Å². The molecule has 0 aromatic heterocycles. The molecule has 3 heteroatoms. The summed E-state index contributed by atoms with van der Waals surface area (Å²) >= 11 is 0. The van der Waals surface area contributed by atoms with E-state index in [-0.39, 0.29) is 5.56 Å². The van der Waals surface area contributed by atoms with Crippen LogP contribution in [0.15, 0.2) is 12.1 Å². The molecule has 1 aromatic carbocycles. The zero-order valence-electron chi connectivity index (χ0n) is 9.63. The van der Waals surface area contributed by atoms with Crippen LogP contribution in [0.25, 0.3) is 0 Å². The predicted octanol–water partition coefficient (Wildman–Crippen LogP) is 3.40. The van der Waals surface area contributed by atoms with Crippen LogP contribution in [0.1, 0.15) is 29.1 Å². The summed E-state index contributed by atoms with van der Waals surface area (Å²) in [5.41, 5.74) is -1.11. The van der Waals surface area contributed by atoms with Crippen LogP contribution >= 0.6 is 0 Å². The van der Waals surface area contributed by atoms with Crippen molar-refractivity contribution in [1.82, 2.24) is 0 Å². The summed E-state index contributed by atoms with van der Waals surface area (Å²) in [6.45, 7) is 4.71. The predicted molar refractivity (Wildman–Crippen MR) is 45.0 cm³/mol. The van der Waals surface area contributed by atoms with Crippen LogP contribution in [0.4, 0.5) is 13.2 Å². The van der Waals surface area contributed by atoms with Gasteiger partial charge in [-0.3, -0.25) is 0 Å². The van der Waals surface area contributed by atoms with Crippen LogP contribution in [0.5, 0.6) is 0 Å². The molecule has 0 nitrogen and oxygen atoms in total. The third-order valence-electron chi connectivity index (χ3n) is 1.62. The van der Waals surface area contributed by atoms with Crippen molar-refractivity contribution in [2.45, 2.75) is 26.2 Å². The van der Waals surface area contributed by atoms with E-state index < -0.39 is 35.0 Å². The third kappa shape index (κ3) is 2.02. The first-order valence-corrected chi connectivity index (χ1v) is 3.82. The van der Waals surface area contributed by atoms with Crippen LogP contribution in [-0.2, 0) is 5.41 Å². The van der Waals surface area contributed by atoms with Crippen molar-refractivity contribution in [2.24, 2.45) is 0 Å². The first-order valence-electron chi connectivity index (χ1n) is 4.82. The van der Waals surface area contributed by atoms with Gasteiger partial charge >= 0.3 is 0 Å².